The third-order valence-corrected chi connectivity index (χ3v) is 7.06. The molecule has 8 heteroatoms. The second kappa shape index (κ2) is 9.86. The van der Waals surface area contributed by atoms with Gasteiger partial charge in [0.15, 0.2) is 0 Å². The molecule has 0 radical (unpaired) electrons. The van der Waals surface area contributed by atoms with Crippen molar-refractivity contribution in [3.8, 4) is 0 Å². The number of aromatic amines is 1. The third-order valence-electron chi connectivity index (χ3n) is 7.06. The molecule has 3 saturated heterocycles. The molecule has 0 spiro atoms. The van der Waals surface area contributed by atoms with Gasteiger partial charge in [-0.2, -0.15) is 0 Å². The van der Waals surface area contributed by atoms with Gasteiger partial charge in [-0.15, -0.1) is 24.8 Å². The maximum Gasteiger partial charge on any atom is 0.224 e. The van der Waals surface area contributed by atoms with Crippen LogP contribution in [0.3, 0.4) is 0 Å². The van der Waals surface area contributed by atoms with Gasteiger partial charge >= 0.3 is 0 Å². The van der Waals surface area contributed by atoms with Crippen molar-refractivity contribution in [3.63, 3.8) is 0 Å². The van der Waals surface area contributed by atoms with Gasteiger partial charge in [0.2, 0.25) is 5.91 Å². The molecule has 166 valence electrons. The Morgan fingerprint density at radius 3 is 2.93 bits per heavy atom. The number of rotatable bonds is 4. The van der Waals surface area contributed by atoms with Crippen molar-refractivity contribution in [2.45, 2.75) is 51.1 Å². The molecule has 2 aromatic rings. The van der Waals surface area contributed by atoms with E-state index in [4.69, 9.17) is 0 Å². The fraction of sp³-hybridized carbons (Fsp3) is 0.636. The zero-order chi connectivity index (χ0) is 19.1. The topological polar surface area (TPSA) is 73.1 Å². The van der Waals surface area contributed by atoms with Crippen LogP contribution < -0.4 is 10.6 Å². The molecule has 4 heterocycles. The first-order chi connectivity index (χ1) is 13.7. The molecule has 3 N–H and O–H groups in total. The first kappa shape index (κ1) is 23.3. The summed E-state index contributed by atoms with van der Waals surface area (Å²) in [6.45, 7) is 6.20. The van der Waals surface area contributed by atoms with Crippen molar-refractivity contribution in [1.29, 1.82) is 0 Å². The van der Waals surface area contributed by atoms with Crippen LogP contribution in [-0.4, -0.2) is 59.0 Å². The van der Waals surface area contributed by atoms with Crippen molar-refractivity contribution in [2.24, 2.45) is 11.8 Å². The van der Waals surface area contributed by atoms with Crippen molar-refractivity contribution >= 4 is 41.8 Å². The van der Waals surface area contributed by atoms with Gasteiger partial charge in [0.25, 0.3) is 0 Å². The molecule has 2 bridgehead atoms. The average molecular weight is 454 g/mol. The average Bonchev–Trinajstić information content (AvgIpc) is 3.07. The summed E-state index contributed by atoms with van der Waals surface area (Å²) >= 11 is 0. The van der Waals surface area contributed by atoms with Crippen LogP contribution in [0.1, 0.15) is 37.1 Å². The number of halogens is 2. The van der Waals surface area contributed by atoms with E-state index < -0.39 is 0 Å². The Morgan fingerprint density at radius 2 is 2.07 bits per heavy atom. The molecule has 0 saturated carbocycles. The molecule has 1 aromatic heterocycles. The molecule has 5 rings (SSSR count). The van der Waals surface area contributed by atoms with Crippen LogP contribution in [0.5, 0.6) is 0 Å². The summed E-state index contributed by atoms with van der Waals surface area (Å²) < 4.78 is 0. The second-order valence-electron chi connectivity index (χ2n) is 8.94. The van der Waals surface area contributed by atoms with Gasteiger partial charge in [0.05, 0.1) is 17.5 Å². The highest BCUT2D eigenvalue weighted by molar-refractivity contribution is 5.85. The first-order valence-electron chi connectivity index (χ1n) is 10.9. The van der Waals surface area contributed by atoms with Crippen LogP contribution in [0.25, 0.3) is 11.0 Å². The Hall–Kier alpha value is -1.34. The van der Waals surface area contributed by atoms with Gasteiger partial charge < -0.3 is 15.6 Å². The van der Waals surface area contributed by atoms with E-state index in [9.17, 15) is 4.79 Å². The standard InChI is InChI=1S/C22H31N5O.2ClH/c1-14-25-18-6-5-15(8-19(18)26-14)9-22(28)24-13-21-17-10-16(11-23-12-17)20-4-2-3-7-27(20)21;;/h5-6,8,16-17,20-21,23H,2-4,7,9-13H2,1H3,(H,24,28)(H,25,26);2*1H/t16-,17+,20+,21+;;/m1../s1. The number of nitrogens with one attached hydrogen (secondary N) is 3. The maximum atomic E-state index is 12.7. The zero-order valence-corrected chi connectivity index (χ0v) is 19.2. The molecule has 4 atom stereocenters. The van der Waals surface area contributed by atoms with E-state index in [1.807, 2.05) is 25.1 Å². The number of carbonyl (C=O) groups is 1. The Balaban J connectivity index is 0.00000128. The summed E-state index contributed by atoms with van der Waals surface area (Å²) in [5.74, 6) is 2.49. The van der Waals surface area contributed by atoms with Crippen LogP contribution in [0.4, 0.5) is 0 Å². The van der Waals surface area contributed by atoms with E-state index in [1.54, 1.807) is 0 Å². The van der Waals surface area contributed by atoms with Crippen LogP contribution in [0.15, 0.2) is 18.2 Å². The zero-order valence-electron chi connectivity index (χ0n) is 17.5. The second-order valence-corrected chi connectivity index (χ2v) is 8.94. The summed E-state index contributed by atoms with van der Waals surface area (Å²) in [4.78, 5) is 23.1. The lowest BCUT2D eigenvalue weighted by Gasteiger charge is -2.55. The number of carbonyl (C=O) groups excluding carboxylic acids is 1. The number of aromatic nitrogens is 2. The lowest BCUT2D eigenvalue weighted by Crippen LogP contribution is -2.65. The fourth-order valence-electron chi connectivity index (χ4n) is 5.81. The number of piperidine rings is 3. The minimum absolute atomic E-state index is 0. The molecular weight excluding hydrogens is 421 g/mol. The highest BCUT2D eigenvalue weighted by Crippen LogP contribution is 2.38. The molecular formula is C22H33Cl2N5O. The van der Waals surface area contributed by atoms with E-state index in [1.165, 1.54) is 38.8 Å². The number of H-pyrrole nitrogens is 1. The summed E-state index contributed by atoms with van der Waals surface area (Å²) in [6, 6.07) is 7.25. The van der Waals surface area contributed by atoms with Crippen LogP contribution in [0.2, 0.25) is 0 Å². The molecule has 0 aliphatic carbocycles. The summed E-state index contributed by atoms with van der Waals surface area (Å²) in [6.07, 6.45) is 5.74. The number of hydrogen-bond donors (Lipinski definition) is 3. The Kier molecular flexibility index (Phi) is 7.66. The molecule has 3 aliphatic heterocycles. The predicted molar refractivity (Wildman–Crippen MR) is 125 cm³/mol. The quantitative estimate of drug-likeness (QED) is 0.665. The SMILES string of the molecule is Cc1nc2ccc(CC(=O)NC[C@H]3[C@@H]4CNC[C@@H](C4)[C@@H]4CCCCN43)cc2[nH]1.Cl.Cl. The van der Waals surface area contributed by atoms with E-state index in [2.05, 4.69) is 25.5 Å². The molecule has 1 aromatic carbocycles. The van der Waals surface area contributed by atoms with Gasteiger partial charge in [-0.3, -0.25) is 9.69 Å². The Labute approximate surface area is 190 Å². The minimum atomic E-state index is 0. The number of nitrogens with zero attached hydrogens (tertiary/aromatic N) is 2. The number of benzene rings is 1. The summed E-state index contributed by atoms with van der Waals surface area (Å²) in [5, 5.41) is 6.90. The summed E-state index contributed by atoms with van der Waals surface area (Å²) in [5.41, 5.74) is 3.00. The smallest absolute Gasteiger partial charge is 0.224 e. The van der Waals surface area contributed by atoms with Gasteiger partial charge in [0, 0.05) is 18.6 Å². The van der Waals surface area contributed by atoms with E-state index in [0.29, 0.717) is 24.4 Å². The Bertz CT molecular complexity index is 872. The number of fused-ring (bicyclic) bond motifs is 5. The molecule has 6 nitrogen and oxygen atoms in total. The van der Waals surface area contributed by atoms with Crippen molar-refractivity contribution in [3.05, 3.63) is 29.6 Å². The van der Waals surface area contributed by atoms with Crippen LogP contribution in [-0.2, 0) is 11.2 Å². The molecule has 3 aliphatic rings. The lowest BCUT2D eigenvalue weighted by molar-refractivity contribution is -0.121. The third kappa shape index (κ3) is 4.62. The molecule has 0 unspecified atom stereocenters. The molecule has 3 fully saturated rings. The number of imidazole rings is 1. The summed E-state index contributed by atoms with van der Waals surface area (Å²) in [7, 11) is 0. The van der Waals surface area contributed by atoms with Crippen molar-refractivity contribution in [2.75, 3.05) is 26.2 Å². The van der Waals surface area contributed by atoms with Crippen LogP contribution in [0, 0.1) is 18.8 Å². The molecule has 30 heavy (non-hydrogen) atoms. The fourth-order valence-corrected chi connectivity index (χ4v) is 5.81. The minimum Gasteiger partial charge on any atom is -0.354 e. The van der Waals surface area contributed by atoms with Gasteiger partial charge in [-0.25, -0.2) is 4.98 Å². The van der Waals surface area contributed by atoms with Crippen LogP contribution >= 0.6 is 24.8 Å². The number of amides is 1. The van der Waals surface area contributed by atoms with E-state index in [0.717, 1.165) is 41.4 Å². The lowest BCUT2D eigenvalue weighted by atomic mass is 9.73. The van der Waals surface area contributed by atoms with Gasteiger partial charge in [-0.1, -0.05) is 12.5 Å². The van der Waals surface area contributed by atoms with Gasteiger partial charge in [0.1, 0.15) is 5.82 Å². The predicted octanol–water partition coefficient (Wildman–Crippen LogP) is 2.84. The van der Waals surface area contributed by atoms with Gasteiger partial charge in [-0.05, 0) is 75.4 Å². The molecule has 1 amide bonds. The van der Waals surface area contributed by atoms with Crippen molar-refractivity contribution < 1.29 is 4.79 Å². The highest BCUT2D eigenvalue weighted by atomic mass is 35.5. The van der Waals surface area contributed by atoms with Crippen molar-refractivity contribution in [1.82, 2.24) is 25.5 Å². The van der Waals surface area contributed by atoms with E-state index >= 15 is 0 Å². The normalized spacial score (nSPS) is 28.2. The maximum absolute atomic E-state index is 12.7. The Morgan fingerprint density at radius 1 is 1.23 bits per heavy atom. The number of aryl methyl sites for hydroxylation is 1. The largest absolute Gasteiger partial charge is 0.354 e. The van der Waals surface area contributed by atoms with E-state index in [-0.39, 0.29) is 30.7 Å². The monoisotopic (exact) mass is 453 g/mol. The number of hydrogen-bond acceptors (Lipinski definition) is 4. The first-order valence-corrected chi connectivity index (χ1v) is 10.9. The highest BCUT2D eigenvalue weighted by Gasteiger charge is 2.45.